The van der Waals surface area contributed by atoms with Gasteiger partial charge >= 0.3 is 0 Å². The van der Waals surface area contributed by atoms with Gasteiger partial charge in [0.1, 0.15) is 17.4 Å². The van der Waals surface area contributed by atoms with E-state index in [4.69, 9.17) is 4.74 Å². The number of nitrogens with zero attached hydrogens (tertiary/aromatic N) is 1. The Kier molecular flexibility index (Phi) is 5.01. The van der Waals surface area contributed by atoms with Crippen LogP contribution >= 0.6 is 11.3 Å². The first-order valence-electron chi connectivity index (χ1n) is 7.22. The zero-order valence-corrected chi connectivity index (χ0v) is 14.3. The average molecular weight is 304 g/mol. The van der Waals surface area contributed by atoms with Gasteiger partial charge in [0.25, 0.3) is 0 Å². The van der Waals surface area contributed by atoms with E-state index in [1.807, 2.05) is 6.07 Å². The molecule has 0 saturated heterocycles. The van der Waals surface area contributed by atoms with Crippen molar-refractivity contribution in [1.29, 1.82) is 0 Å². The first-order chi connectivity index (χ1) is 9.83. The number of ether oxygens (including phenoxy) is 1. The van der Waals surface area contributed by atoms with Gasteiger partial charge in [-0.15, -0.1) is 11.3 Å². The normalized spacial score (nSPS) is 11.7. The van der Waals surface area contributed by atoms with E-state index < -0.39 is 0 Å². The van der Waals surface area contributed by atoms with E-state index in [1.165, 1.54) is 11.1 Å². The number of aromatic nitrogens is 1. The summed E-state index contributed by atoms with van der Waals surface area (Å²) in [6.45, 7) is 12.0. The summed E-state index contributed by atoms with van der Waals surface area (Å²) in [6, 6.07) is 6.17. The molecule has 0 unspecified atom stereocenters. The second-order valence-corrected chi connectivity index (χ2v) is 7.31. The first-order valence-corrected chi connectivity index (χ1v) is 8.10. The second kappa shape index (κ2) is 6.58. The highest BCUT2D eigenvalue weighted by Crippen LogP contribution is 2.18. The lowest BCUT2D eigenvalue weighted by atomic mass is 10.1. The molecule has 1 N–H and O–H groups in total. The van der Waals surface area contributed by atoms with E-state index in [9.17, 15) is 0 Å². The monoisotopic (exact) mass is 304 g/mol. The van der Waals surface area contributed by atoms with Gasteiger partial charge in [0.05, 0.1) is 5.69 Å². The summed E-state index contributed by atoms with van der Waals surface area (Å²) in [6.07, 6.45) is 0. The van der Waals surface area contributed by atoms with E-state index in [0.29, 0.717) is 6.61 Å². The lowest BCUT2D eigenvalue weighted by molar-refractivity contribution is 0.301. The van der Waals surface area contributed by atoms with Crippen LogP contribution in [0.4, 0.5) is 0 Å². The topological polar surface area (TPSA) is 34.1 Å². The smallest absolute Gasteiger partial charge is 0.131 e. The Morgan fingerprint density at radius 1 is 1.19 bits per heavy atom. The molecule has 0 fully saturated rings. The molecule has 0 saturated carbocycles. The highest BCUT2D eigenvalue weighted by atomic mass is 32.1. The lowest BCUT2D eigenvalue weighted by Gasteiger charge is -2.19. The summed E-state index contributed by atoms with van der Waals surface area (Å²) >= 11 is 1.68. The Morgan fingerprint density at radius 2 is 1.95 bits per heavy atom. The van der Waals surface area contributed by atoms with Gasteiger partial charge in [-0.2, -0.15) is 0 Å². The van der Waals surface area contributed by atoms with Gasteiger partial charge in [-0.25, -0.2) is 4.98 Å². The van der Waals surface area contributed by atoms with Gasteiger partial charge in [0.15, 0.2) is 0 Å². The predicted octanol–water partition coefficient (Wildman–Crippen LogP) is 4.23. The molecular weight excluding hydrogens is 280 g/mol. The molecule has 4 heteroatoms. The van der Waals surface area contributed by atoms with Crippen LogP contribution in [0.15, 0.2) is 23.6 Å². The van der Waals surface area contributed by atoms with E-state index in [-0.39, 0.29) is 5.54 Å². The van der Waals surface area contributed by atoms with Crippen LogP contribution in [0.25, 0.3) is 0 Å². The quantitative estimate of drug-likeness (QED) is 0.897. The van der Waals surface area contributed by atoms with E-state index in [1.54, 1.807) is 11.3 Å². The Labute approximate surface area is 131 Å². The van der Waals surface area contributed by atoms with Crippen molar-refractivity contribution in [3.63, 3.8) is 0 Å². The summed E-state index contributed by atoms with van der Waals surface area (Å²) < 4.78 is 5.81. The molecule has 0 aliphatic carbocycles. The number of benzene rings is 1. The van der Waals surface area contributed by atoms with Crippen molar-refractivity contribution in [2.24, 2.45) is 0 Å². The Bertz CT molecular complexity index is 599. The van der Waals surface area contributed by atoms with Gasteiger partial charge in [0, 0.05) is 17.5 Å². The molecule has 0 atom stereocenters. The largest absolute Gasteiger partial charge is 0.487 e. The Morgan fingerprint density at radius 3 is 2.62 bits per heavy atom. The summed E-state index contributed by atoms with van der Waals surface area (Å²) in [5.74, 6) is 0.903. The van der Waals surface area contributed by atoms with Crippen LogP contribution in [0.3, 0.4) is 0 Å². The summed E-state index contributed by atoms with van der Waals surface area (Å²) in [5, 5.41) is 6.62. The molecule has 1 heterocycles. The number of nitrogens with one attached hydrogen (secondary N) is 1. The fourth-order valence-electron chi connectivity index (χ4n) is 1.80. The van der Waals surface area contributed by atoms with Crippen LogP contribution in [0.1, 0.15) is 42.6 Å². The van der Waals surface area contributed by atoms with Gasteiger partial charge < -0.3 is 10.1 Å². The van der Waals surface area contributed by atoms with E-state index in [2.05, 4.69) is 62.4 Å². The van der Waals surface area contributed by atoms with Crippen LogP contribution in [0.2, 0.25) is 0 Å². The van der Waals surface area contributed by atoms with Crippen molar-refractivity contribution in [1.82, 2.24) is 10.3 Å². The molecular formula is C17H24N2OS. The maximum Gasteiger partial charge on any atom is 0.131 e. The zero-order valence-electron chi connectivity index (χ0n) is 13.5. The maximum absolute atomic E-state index is 5.81. The fraction of sp³-hybridized carbons (Fsp3) is 0.471. The van der Waals surface area contributed by atoms with Crippen LogP contribution in [-0.2, 0) is 13.2 Å². The van der Waals surface area contributed by atoms with Crippen LogP contribution in [-0.4, -0.2) is 10.5 Å². The van der Waals surface area contributed by atoms with Crippen LogP contribution in [0, 0.1) is 13.8 Å². The molecule has 21 heavy (non-hydrogen) atoms. The van der Waals surface area contributed by atoms with Crippen molar-refractivity contribution in [3.8, 4) is 5.75 Å². The van der Waals surface area contributed by atoms with Crippen LogP contribution < -0.4 is 10.1 Å². The third-order valence-corrected chi connectivity index (χ3v) is 4.13. The van der Waals surface area contributed by atoms with Crippen molar-refractivity contribution in [2.45, 2.75) is 53.3 Å². The van der Waals surface area contributed by atoms with Crippen molar-refractivity contribution < 1.29 is 4.74 Å². The van der Waals surface area contributed by atoms with Gasteiger partial charge in [0.2, 0.25) is 0 Å². The molecule has 1 aromatic heterocycles. The molecule has 0 amide bonds. The molecule has 2 aromatic rings. The highest BCUT2D eigenvalue weighted by molar-refractivity contribution is 7.09. The van der Waals surface area contributed by atoms with Gasteiger partial charge in [-0.05, 0) is 57.9 Å². The number of thiazole rings is 1. The third-order valence-electron chi connectivity index (χ3n) is 3.23. The summed E-state index contributed by atoms with van der Waals surface area (Å²) in [4.78, 5) is 4.60. The third kappa shape index (κ3) is 5.14. The average Bonchev–Trinajstić information content (AvgIpc) is 2.85. The standard InChI is InChI=1S/C17H24N2OS/c1-12-6-7-15(8-13(12)2)20-10-14-11-21-16(19-14)9-18-17(3,4)5/h6-8,11,18H,9-10H2,1-5H3. The molecule has 0 radical (unpaired) electrons. The SMILES string of the molecule is Cc1ccc(OCc2csc(CNC(C)(C)C)n2)cc1C. The fourth-order valence-corrected chi connectivity index (χ4v) is 2.52. The summed E-state index contributed by atoms with van der Waals surface area (Å²) in [5.41, 5.74) is 3.64. The minimum atomic E-state index is 0.113. The number of hydrogen-bond donors (Lipinski definition) is 1. The van der Waals surface area contributed by atoms with Gasteiger partial charge in [-0.1, -0.05) is 6.07 Å². The summed E-state index contributed by atoms with van der Waals surface area (Å²) in [7, 11) is 0. The number of aryl methyl sites for hydroxylation is 2. The molecule has 0 aliphatic heterocycles. The van der Waals surface area contributed by atoms with E-state index in [0.717, 1.165) is 23.0 Å². The number of rotatable bonds is 5. The molecule has 114 valence electrons. The first kappa shape index (κ1) is 16.0. The lowest BCUT2D eigenvalue weighted by Crippen LogP contribution is -2.35. The van der Waals surface area contributed by atoms with Gasteiger partial charge in [-0.3, -0.25) is 0 Å². The minimum Gasteiger partial charge on any atom is -0.487 e. The molecule has 2 rings (SSSR count). The molecule has 0 bridgehead atoms. The predicted molar refractivity (Wildman–Crippen MR) is 89.0 cm³/mol. The Balaban J connectivity index is 1.89. The second-order valence-electron chi connectivity index (χ2n) is 6.37. The van der Waals surface area contributed by atoms with Crippen molar-refractivity contribution in [2.75, 3.05) is 0 Å². The maximum atomic E-state index is 5.81. The molecule has 3 nitrogen and oxygen atoms in total. The van der Waals surface area contributed by atoms with E-state index >= 15 is 0 Å². The highest BCUT2D eigenvalue weighted by Gasteiger charge is 2.10. The minimum absolute atomic E-state index is 0.113. The van der Waals surface area contributed by atoms with Crippen molar-refractivity contribution >= 4 is 11.3 Å². The molecule has 0 aliphatic rings. The molecule has 1 aromatic carbocycles. The molecule has 0 spiro atoms. The zero-order chi connectivity index (χ0) is 15.5. The van der Waals surface area contributed by atoms with Crippen LogP contribution in [0.5, 0.6) is 5.75 Å². The van der Waals surface area contributed by atoms with Crippen molar-refractivity contribution in [3.05, 3.63) is 45.4 Å². The Hall–Kier alpha value is -1.39. The number of hydrogen-bond acceptors (Lipinski definition) is 4.